The minimum Gasteiger partial charge on any atom is -0.454 e. The maximum absolute atomic E-state index is 13.9. The highest BCUT2D eigenvalue weighted by molar-refractivity contribution is 6.32. The molecule has 0 amide bonds. The SMILES string of the molecule is Cc1cc(Oc2c(F)cccc2[C@H](C)O)cc(C)c1Cl. The molecule has 20 heavy (non-hydrogen) atoms. The average Bonchev–Trinajstić information content (AvgIpc) is 2.38. The lowest BCUT2D eigenvalue weighted by atomic mass is 10.1. The van der Waals surface area contributed by atoms with Crippen LogP contribution in [0.2, 0.25) is 5.02 Å². The van der Waals surface area contributed by atoms with Crippen molar-refractivity contribution in [2.75, 3.05) is 0 Å². The number of hydrogen-bond acceptors (Lipinski definition) is 2. The highest BCUT2D eigenvalue weighted by Gasteiger charge is 2.15. The Bertz CT molecular complexity index is 615. The van der Waals surface area contributed by atoms with Gasteiger partial charge in [0.05, 0.1) is 6.10 Å². The van der Waals surface area contributed by atoms with Gasteiger partial charge in [0, 0.05) is 10.6 Å². The molecule has 2 aromatic carbocycles. The zero-order valence-corrected chi connectivity index (χ0v) is 12.3. The van der Waals surface area contributed by atoms with E-state index in [9.17, 15) is 9.50 Å². The first-order chi connectivity index (χ1) is 9.40. The Morgan fingerprint density at radius 1 is 1.20 bits per heavy atom. The minimum absolute atomic E-state index is 0.0450. The zero-order chi connectivity index (χ0) is 14.9. The summed E-state index contributed by atoms with van der Waals surface area (Å²) in [6.45, 7) is 5.29. The third kappa shape index (κ3) is 2.94. The number of halogens is 2. The fraction of sp³-hybridized carbons (Fsp3) is 0.250. The molecule has 106 valence electrons. The van der Waals surface area contributed by atoms with Gasteiger partial charge in [-0.2, -0.15) is 0 Å². The fourth-order valence-corrected chi connectivity index (χ4v) is 2.15. The third-order valence-corrected chi connectivity index (χ3v) is 3.67. The van der Waals surface area contributed by atoms with Crippen molar-refractivity contribution in [3.05, 3.63) is 57.9 Å². The van der Waals surface area contributed by atoms with Crippen LogP contribution >= 0.6 is 11.6 Å². The largest absolute Gasteiger partial charge is 0.454 e. The summed E-state index contributed by atoms with van der Waals surface area (Å²) < 4.78 is 19.5. The van der Waals surface area contributed by atoms with Crippen molar-refractivity contribution in [1.29, 1.82) is 0 Å². The van der Waals surface area contributed by atoms with Gasteiger partial charge < -0.3 is 9.84 Å². The van der Waals surface area contributed by atoms with E-state index in [1.807, 2.05) is 13.8 Å². The lowest BCUT2D eigenvalue weighted by Gasteiger charge is -2.15. The number of ether oxygens (including phenoxy) is 1. The van der Waals surface area contributed by atoms with Crippen LogP contribution in [0.3, 0.4) is 0 Å². The molecule has 0 spiro atoms. The summed E-state index contributed by atoms with van der Waals surface area (Å²) >= 11 is 6.10. The number of rotatable bonds is 3. The Balaban J connectivity index is 2.45. The molecule has 0 heterocycles. The lowest BCUT2D eigenvalue weighted by Crippen LogP contribution is -1.99. The van der Waals surface area contributed by atoms with E-state index in [1.165, 1.54) is 6.07 Å². The molecule has 0 radical (unpaired) electrons. The van der Waals surface area contributed by atoms with Crippen LogP contribution in [0.5, 0.6) is 11.5 Å². The normalized spacial score (nSPS) is 12.3. The van der Waals surface area contributed by atoms with Crippen LogP contribution in [0.15, 0.2) is 30.3 Å². The molecule has 0 aliphatic carbocycles. The van der Waals surface area contributed by atoms with Crippen LogP contribution < -0.4 is 4.74 Å². The highest BCUT2D eigenvalue weighted by atomic mass is 35.5. The van der Waals surface area contributed by atoms with Crippen molar-refractivity contribution in [2.24, 2.45) is 0 Å². The smallest absolute Gasteiger partial charge is 0.168 e. The molecule has 4 heteroatoms. The van der Waals surface area contributed by atoms with Gasteiger partial charge in [0.2, 0.25) is 0 Å². The van der Waals surface area contributed by atoms with Crippen LogP contribution in [0.25, 0.3) is 0 Å². The summed E-state index contributed by atoms with van der Waals surface area (Å²) in [6, 6.07) is 7.97. The second kappa shape index (κ2) is 5.81. The number of para-hydroxylation sites is 1. The van der Waals surface area contributed by atoms with E-state index in [1.54, 1.807) is 31.2 Å². The van der Waals surface area contributed by atoms with E-state index in [0.717, 1.165) is 11.1 Å². The van der Waals surface area contributed by atoms with Crippen LogP contribution in [-0.4, -0.2) is 5.11 Å². The molecule has 1 N–H and O–H groups in total. The molecule has 2 nitrogen and oxygen atoms in total. The number of aryl methyl sites for hydroxylation is 2. The van der Waals surface area contributed by atoms with E-state index in [0.29, 0.717) is 16.3 Å². The third-order valence-electron chi connectivity index (χ3n) is 3.08. The molecular weight excluding hydrogens is 279 g/mol. The lowest BCUT2D eigenvalue weighted by molar-refractivity contribution is 0.194. The Labute approximate surface area is 122 Å². The van der Waals surface area contributed by atoms with Gasteiger partial charge in [-0.3, -0.25) is 0 Å². The Morgan fingerprint density at radius 3 is 2.35 bits per heavy atom. The van der Waals surface area contributed by atoms with Crippen molar-refractivity contribution in [2.45, 2.75) is 26.9 Å². The number of aliphatic hydroxyl groups is 1. The van der Waals surface area contributed by atoms with Gasteiger partial charge in [0.15, 0.2) is 11.6 Å². The predicted molar refractivity (Wildman–Crippen MR) is 78.0 cm³/mol. The van der Waals surface area contributed by atoms with Crippen LogP contribution in [-0.2, 0) is 0 Å². The van der Waals surface area contributed by atoms with E-state index in [4.69, 9.17) is 16.3 Å². The molecular formula is C16H16ClFO2. The summed E-state index contributed by atoms with van der Waals surface area (Å²) in [5.74, 6) is 0.0358. The Morgan fingerprint density at radius 2 is 1.80 bits per heavy atom. The van der Waals surface area contributed by atoms with Gasteiger partial charge in [-0.05, 0) is 50.1 Å². The van der Waals surface area contributed by atoms with Crippen molar-refractivity contribution < 1.29 is 14.2 Å². The Hall–Kier alpha value is -1.58. The van der Waals surface area contributed by atoms with E-state index in [-0.39, 0.29) is 5.75 Å². The first kappa shape index (κ1) is 14.8. The molecule has 0 unspecified atom stereocenters. The standard InChI is InChI=1S/C16H16ClFO2/c1-9-7-12(8-10(2)15(9)17)20-16-13(11(3)19)5-4-6-14(16)18/h4-8,11,19H,1-3H3/t11-/m0/s1. The molecule has 0 aliphatic rings. The van der Waals surface area contributed by atoms with Gasteiger partial charge >= 0.3 is 0 Å². The molecule has 0 aliphatic heterocycles. The maximum Gasteiger partial charge on any atom is 0.168 e. The molecule has 1 atom stereocenters. The monoisotopic (exact) mass is 294 g/mol. The number of benzene rings is 2. The van der Waals surface area contributed by atoms with E-state index < -0.39 is 11.9 Å². The second-order valence-electron chi connectivity index (χ2n) is 4.81. The maximum atomic E-state index is 13.9. The predicted octanol–water partition coefficient (Wildman–Crippen LogP) is 4.94. The van der Waals surface area contributed by atoms with E-state index in [2.05, 4.69) is 0 Å². The van der Waals surface area contributed by atoms with Crippen LogP contribution in [0.4, 0.5) is 4.39 Å². The van der Waals surface area contributed by atoms with Gasteiger partial charge in [-0.25, -0.2) is 4.39 Å². The number of hydrogen-bond donors (Lipinski definition) is 1. The summed E-state index contributed by atoms with van der Waals surface area (Å²) in [6.07, 6.45) is -0.810. The second-order valence-corrected chi connectivity index (χ2v) is 5.19. The molecule has 2 rings (SSSR count). The average molecular weight is 295 g/mol. The van der Waals surface area contributed by atoms with E-state index >= 15 is 0 Å². The fourth-order valence-electron chi connectivity index (χ4n) is 2.05. The van der Waals surface area contributed by atoms with Crippen molar-refractivity contribution in [1.82, 2.24) is 0 Å². The molecule has 0 bridgehead atoms. The topological polar surface area (TPSA) is 29.5 Å². The summed E-state index contributed by atoms with van der Waals surface area (Å²) in [7, 11) is 0. The van der Waals surface area contributed by atoms with Gasteiger partial charge in [-0.1, -0.05) is 23.7 Å². The molecule has 2 aromatic rings. The first-order valence-electron chi connectivity index (χ1n) is 6.31. The van der Waals surface area contributed by atoms with Gasteiger partial charge in [0.25, 0.3) is 0 Å². The molecule has 0 saturated heterocycles. The quantitative estimate of drug-likeness (QED) is 0.868. The number of aliphatic hydroxyl groups excluding tert-OH is 1. The zero-order valence-electron chi connectivity index (χ0n) is 11.6. The Kier molecular flexibility index (Phi) is 4.31. The summed E-state index contributed by atoms with van der Waals surface area (Å²) in [4.78, 5) is 0. The van der Waals surface area contributed by atoms with Gasteiger partial charge in [0.1, 0.15) is 5.75 Å². The highest BCUT2D eigenvalue weighted by Crippen LogP contribution is 2.34. The van der Waals surface area contributed by atoms with Crippen LogP contribution in [0.1, 0.15) is 29.7 Å². The molecule has 0 fully saturated rings. The molecule has 0 saturated carbocycles. The van der Waals surface area contributed by atoms with Crippen molar-refractivity contribution in [3.63, 3.8) is 0 Å². The molecule has 0 aromatic heterocycles. The summed E-state index contributed by atoms with van der Waals surface area (Å²) in [5, 5.41) is 10.4. The van der Waals surface area contributed by atoms with Crippen LogP contribution in [0, 0.1) is 19.7 Å². The summed E-state index contributed by atoms with van der Waals surface area (Å²) in [5.41, 5.74) is 2.13. The first-order valence-corrected chi connectivity index (χ1v) is 6.69. The minimum atomic E-state index is -0.810. The van der Waals surface area contributed by atoms with Crippen molar-refractivity contribution in [3.8, 4) is 11.5 Å². The van der Waals surface area contributed by atoms with Crippen molar-refractivity contribution >= 4 is 11.6 Å². The van der Waals surface area contributed by atoms with Gasteiger partial charge in [-0.15, -0.1) is 0 Å².